The smallest absolute Gasteiger partial charge is 0.122 e. The van der Waals surface area contributed by atoms with Crippen LogP contribution in [0.3, 0.4) is 0 Å². The minimum absolute atomic E-state index is 0.735. The van der Waals surface area contributed by atoms with Crippen LogP contribution in [0.4, 0.5) is 0 Å². The van der Waals surface area contributed by atoms with Gasteiger partial charge in [0.2, 0.25) is 0 Å². The van der Waals surface area contributed by atoms with Crippen molar-refractivity contribution >= 4 is 22.9 Å². The molecule has 1 aromatic rings. The Morgan fingerprint density at radius 2 is 2.29 bits per heavy atom. The van der Waals surface area contributed by atoms with Crippen LogP contribution < -0.4 is 0 Å². The molecule has 0 atom stereocenters. The summed E-state index contributed by atoms with van der Waals surface area (Å²) in [5.74, 6) is 0.869. The van der Waals surface area contributed by atoms with E-state index in [2.05, 4.69) is 16.7 Å². The maximum atomic E-state index is 4.41. The lowest BCUT2D eigenvalue weighted by Gasteiger charge is -2.20. The number of thiophene rings is 1. The van der Waals surface area contributed by atoms with Crippen LogP contribution in [0.1, 0.15) is 12.5 Å². The number of hydrazone groups is 1. The molecule has 1 aliphatic rings. The van der Waals surface area contributed by atoms with Crippen LogP contribution in [0, 0.1) is 0 Å². The Labute approximate surface area is 87.1 Å². The largest absolute Gasteiger partial charge is 0.254 e. The van der Waals surface area contributed by atoms with Crippen LogP contribution in [0.2, 0.25) is 0 Å². The number of allylic oxidation sites excluding steroid dienone is 1. The molecular formula is C10H11N3S. The topological polar surface area (TPSA) is 28.0 Å². The van der Waals surface area contributed by atoms with Crippen molar-refractivity contribution in [1.29, 1.82) is 0 Å². The molecule has 0 unspecified atom stereocenters. The van der Waals surface area contributed by atoms with E-state index in [0.717, 1.165) is 22.8 Å². The predicted molar refractivity (Wildman–Crippen MR) is 60.9 cm³/mol. The zero-order valence-electron chi connectivity index (χ0n) is 8.19. The van der Waals surface area contributed by atoms with Gasteiger partial charge in [-0.2, -0.15) is 16.4 Å². The van der Waals surface area contributed by atoms with Crippen molar-refractivity contribution in [3.05, 3.63) is 34.7 Å². The molecule has 1 aromatic heterocycles. The summed E-state index contributed by atoms with van der Waals surface area (Å²) in [6.07, 6.45) is 0. The molecule has 72 valence electrons. The number of nitrogens with zero attached hydrogens (tertiary/aromatic N) is 3. The van der Waals surface area contributed by atoms with Crippen molar-refractivity contribution in [3.8, 4) is 0 Å². The summed E-state index contributed by atoms with van der Waals surface area (Å²) in [4.78, 5) is 4.32. The van der Waals surface area contributed by atoms with E-state index >= 15 is 0 Å². The maximum Gasteiger partial charge on any atom is 0.122 e. The fraction of sp³-hybridized carbons (Fsp3) is 0.200. The third kappa shape index (κ3) is 1.48. The van der Waals surface area contributed by atoms with Crippen molar-refractivity contribution in [2.24, 2.45) is 10.1 Å². The molecule has 2 rings (SSSR count). The third-order valence-electron chi connectivity index (χ3n) is 2.08. The molecule has 3 nitrogen and oxygen atoms in total. The second-order valence-corrected chi connectivity index (χ2v) is 3.87. The van der Waals surface area contributed by atoms with Gasteiger partial charge in [0, 0.05) is 18.0 Å². The SMILES string of the molecule is C=C1N=C(C)N(C)N=C1c1ccsc1. The number of hydrogen-bond donors (Lipinski definition) is 0. The Morgan fingerprint density at radius 1 is 1.50 bits per heavy atom. The summed E-state index contributed by atoms with van der Waals surface area (Å²) < 4.78 is 0. The minimum Gasteiger partial charge on any atom is -0.254 e. The van der Waals surface area contributed by atoms with Crippen LogP contribution in [-0.2, 0) is 0 Å². The van der Waals surface area contributed by atoms with Crippen LogP contribution in [-0.4, -0.2) is 23.6 Å². The standard InChI is InChI=1S/C10H11N3S/c1-7-10(9-4-5-14-6-9)12-13(3)8(2)11-7/h4-6H,1H2,2-3H3. The maximum absolute atomic E-state index is 4.41. The summed E-state index contributed by atoms with van der Waals surface area (Å²) in [6.45, 7) is 5.81. The quantitative estimate of drug-likeness (QED) is 0.691. The number of aliphatic imine (C=N–C) groups is 1. The Kier molecular flexibility index (Phi) is 2.21. The molecule has 1 aliphatic heterocycles. The highest BCUT2D eigenvalue weighted by atomic mass is 32.1. The molecule has 0 saturated heterocycles. The number of hydrogen-bond acceptors (Lipinski definition) is 4. The minimum atomic E-state index is 0.735. The Bertz CT molecular complexity index is 415. The number of rotatable bonds is 1. The summed E-state index contributed by atoms with van der Waals surface area (Å²) in [5, 5.41) is 10.3. The fourth-order valence-electron chi connectivity index (χ4n) is 1.22. The third-order valence-corrected chi connectivity index (χ3v) is 2.77. The van der Waals surface area contributed by atoms with Gasteiger partial charge in [-0.15, -0.1) is 0 Å². The summed E-state index contributed by atoms with van der Waals surface area (Å²) in [6, 6.07) is 2.03. The molecule has 0 bridgehead atoms. The first-order valence-electron chi connectivity index (χ1n) is 4.28. The molecule has 0 aromatic carbocycles. The summed E-state index contributed by atoms with van der Waals surface area (Å²) in [5.41, 5.74) is 2.68. The monoisotopic (exact) mass is 205 g/mol. The molecule has 0 amide bonds. The fourth-order valence-corrected chi connectivity index (χ4v) is 1.86. The van der Waals surface area contributed by atoms with Gasteiger partial charge in [0.1, 0.15) is 11.5 Å². The van der Waals surface area contributed by atoms with Crippen molar-refractivity contribution in [3.63, 3.8) is 0 Å². The lowest BCUT2D eigenvalue weighted by Crippen LogP contribution is -2.25. The van der Waals surface area contributed by atoms with Crippen molar-refractivity contribution in [2.75, 3.05) is 7.05 Å². The van der Waals surface area contributed by atoms with E-state index in [0.29, 0.717) is 0 Å². The molecule has 2 heterocycles. The van der Waals surface area contributed by atoms with Gasteiger partial charge in [0.05, 0.1) is 5.70 Å². The van der Waals surface area contributed by atoms with Crippen LogP contribution in [0.15, 0.2) is 39.2 Å². The highest BCUT2D eigenvalue weighted by Crippen LogP contribution is 2.17. The van der Waals surface area contributed by atoms with Gasteiger partial charge in [0.25, 0.3) is 0 Å². The van der Waals surface area contributed by atoms with E-state index in [9.17, 15) is 0 Å². The Morgan fingerprint density at radius 3 is 2.93 bits per heavy atom. The average Bonchev–Trinajstić information content (AvgIpc) is 2.64. The van der Waals surface area contributed by atoms with Crippen molar-refractivity contribution < 1.29 is 0 Å². The Hall–Kier alpha value is -1.42. The van der Waals surface area contributed by atoms with Gasteiger partial charge in [-0.25, -0.2) is 4.99 Å². The van der Waals surface area contributed by atoms with E-state index < -0.39 is 0 Å². The Balaban J connectivity index is 2.39. The van der Waals surface area contributed by atoms with Gasteiger partial charge >= 0.3 is 0 Å². The second-order valence-electron chi connectivity index (χ2n) is 3.09. The summed E-state index contributed by atoms with van der Waals surface area (Å²) in [7, 11) is 1.89. The first-order valence-corrected chi connectivity index (χ1v) is 5.22. The first-order chi connectivity index (χ1) is 6.68. The highest BCUT2D eigenvalue weighted by Gasteiger charge is 2.15. The van der Waals surface area contributed by atoms with Gasteiger partial charge in [-0.3, -0.25) is 5.01 Å². The normalized spacial score (nSPS) is 16.7. The second kappa shape index (κ2) is 3.38. The van der Waals surface area contributed by atoms with Crippen LogP contribution in [0.5, 0.6) is 0 Å². The van der Waals surface area contributed by atoms with Crippen molar-refractivity contribution in [1.82, 2.24) is 5.01 Å². The van der Waals surface area contributed by atoms with Gasteiger partial charge in [0.15, 0.2) is 0 Å². The van der Waals surface area contributed by atoms with Crippen LogP contribution >= 0.6 is 11.3 Å². The molecule has 0 radical (unpaired) electrons. The molecule has 14 heavy (non-hydrogen) atoms. The van der Waals surface area contributed by atoms with Gasteiger partial charge in [-0.05, 0) is 18.4 Å². The highest BCUT2D eigenvalue weighted by molar-refractivity contribution is 7.08. The molecule has 0 aliphatic carbocycles. The van der Waals surface area contributed by atoms with E-state index in [-0.39, 0.29) is 0 Å². The van der Waals surface area contributed by atoms with Crippen LogP contribution in [0.25, 0.3) is 0 Å². The average molecular weight is 205 g/mol. The lowest BCUT2D eigenvalue weighted by atomic mass is 10.1. The van der Waals surface area contributed by atoms with E-state index in [1.165, 1.54) is 0 Å². The van der Waals surface area contributed by atoms with Gasteiger partial charge < -0.3 is 0 Å². The van der Waals surface area contributed by atoms with E-state index in [1.54, 1.807) is 16.3 Å². The lowest BCUT2D eigenvalue weighted by molar-refractivity contribution is 0.535. The molecular weight excluding hydrogens is 194 g/mol. The molecule has 0 N–H and O–H groups in total. The van der Waals surface area contributed by atoms with E-state index in [1.807, 2.05) is 30.8 Å². The molecule has 0 spiro atoms. The predicted octanol–water partition coefficient (Wildman–Crippen LogP) is 2.33. The molecule has 0 saturated carbocycles. The zero-order valence-corrected chi connectivity index (χ0v) is 9.01. The number of amidine groups is 1. The summed E-state index contributed by atoms with van der Waals surface area (Å²) >= 11 is 1.65. The molecule has 4 heteroatoms. The first kappa shape index (κ1) is 9.15. The molecule has 0 fully saturated rings. The van der Waals surface area contributed by atoms with E-state index in [4.69, 9.17) is 0 Å². The van der Waals surface area contributed by atoms with Gasteiger partial charge in [-0.1, -0.05) is 6.58 Å². The van der Waals surface area contributed by atoms with Crippen molar-refractivity contribution in [2.45, 2.75) is 6.92 Å². The zero-order chi connectivity index (χ0) is 10.1.